The van der Waals surface area contributed by atoms with Gasteiger partial charge in [-0.15, -0.1) is 11.8 Å². The zero-order valence-corrected chi connectivity index (χ0v) is 18.8. The number of benzene rings is 2. The van der Waals surface area contributed by atoms with E-state index in [4.69, 9.17) is 14.0 Å². The Labute approximate surface area is 187 Å². The van der Waals surface area contributed by atoms with Crippen molar-refractivity contribution in [3.8, 4) is 22.9 Å². The summed E-state index contributed by atoms with van der Waals surface area (Å²) in [7, 11) is 1.65. The number of thioether (sulfide) groups is 1. The van der Waals surface area contributed by atoms with Gasteiger partial charge in [-0.25, -0.2) is 0 Å². The third-order valence-corrected chi connectivity index (χ3v) is 6.12. The minimum atomic E-state index is 0.610. The predicted molar refractivity (Wildman–Crippen MR) is 122 cm³/mol. The molecule has 3 aromatic rings. The standard InChI is InChI=1S/C23H28N4O3S/c1-28-19-5-3-18(4-6-19)23-24-22(30-25-23)17-27-13-11-26(12-14-27)15-16-29-20-7-9-21(31-2)10-8-20/h3-10H,11-17H2,1-2H3. The van der Waals surface area contributed by atoms with Crippen LogP contribution in [0.4, 0.5) is 0 Å². The van der Waals surface area contributed by atoms with Crippen LogP contribution in [0.3, 0.4) is 0 Å². The van der Waals surface area contributed by atoms with Gasteiger partial charge < -0.3 is 14.0 Å². The number of hydrogen-bond acceptors (Lipinski definition) is 8. The molecule has 0 amide bonds. The Morgan fingerprint density at radius 1 is 0.935 bits per heavy atom. The number of ether oxygens (including phenoxy) is 2. The highest BCUT2D eigenvalue weighted by Crippen LogP contribution is 2.21. The van der Waals surface area contributed by atoms with Gasteiger partial charge in [-0.3, -0.25) is 9.80 Å². The third kappa shape index (κ3) is 6.00. The molecule has 0 atom stereocenters. The molecule has 1 fully saturated rings. The quantitative estimate of drug-likeness (QED) is 0.467. The topological polar surface area (TPSA) is 63.9 Å². The van der Waals surface area contributed by atoms with Crippen molar-refractivity contribution in [2.45, 2.75) is 11.4 Å². The summed E-state index contributed by atoms with van der Waals surface area (Å²) >= 11 is 1.74. The lowest BCUT2D eigenvalue weighted by Gasteiger charge is -2.33. The van der Waals surface area contributed by atoms with E-state index in [1.165, 1.54) is 4.90 Å². The van der Waals surface area contributed by atoms with Gasteiger partial charge in [0, 0.05) is 43.2 Å². The van der Waals surface area contributed by atoms with E-state index < -0.39 is 0 Å². The third-order valence-electron chi connectivity index (χ3n) is 5.38. The maximum absolute atomic E-state index is 5.88. The number of piperazine rings is 1. The Hall–Kier alpha value is -2.55. The van der Waals surface area contributed by atoms with Crippen molar-refractivity contribution in [3.05, 3.63) is 54.4 Å². The highest BCUT2D eigenvalue weighted by molar-refractivity contribution is 7.98. The van der Waals surface area contributed by atoms with Crippen molar-refractivity contribution < 1.29 is 14.0 Å². The Bertz CT molecular complexity index is 938. The van der Waals surface area contributed by atoms with Gasteiger partial charge in [0.05, 0.1) is 13.7 Å². The van der Waals surface area contributed by atoms with Gasteiger partial charge in [0.2, 0.25) is 11.7 Å². The fourth-order valence-corrected chi connectivity index (χ4v) is 3.91. The second kappa shape index (κ2) is 10.7. The lowest BCUT2D eigenvalue weighted by Crippen LogP contribution is -2.47. The SMILES string of the molecule is COc1ccc(-c2noc(CN3CCN(CCOc4ccc(SC)cc4)CC3)n2)cc1. The number of methoxy groups -OCH3 is 1. The lowest BCUT2D eigenvalue weighted by atomic mass is 10.2. The molecule has 7 nitrogen and oxygen atoms in total. The smallest absolute Gasteiger partial charge is 0.241 e. The molecular formula is C23H28N4O3S. The van der Waals surface area contributed by atoms with Crippen molar-refractivity contribution in [1.82, 2.24) is 19.9 Å². The van der Waals surface area contributed by atoms with Crippen LogP contribution in [0, 0.1) is 0 Å². The molecule has 1 aromatic heterocycles. The summed E-state index contributed by atoms with van der Waals surface area (Å²) in [5.74, 6) is 3.00. The van der Waals surface area contributed by atoms with Gasteiger partial charge in [0.15, 0.2) is 0 Å². The van der Waals surface area contributed by atoms with Gasteiger partial charge in [-0.1, -0.05) is 5.16 Å². The first kappa shape index (κ1) is 21.7. The van der Waals surface area contributed by atoms with E-state index in [0.717, 1.165) is 49.8 Å². The molecule has 0 bridgehead atoms. The summed E-state index contributed by atoms with van der Waals surface area (Å²) in [5.41, 5.74) is 0.920. The van der Waals surface area contributed by atoms with E-state index in [0.29, 0.717) is 24.9 Å². The highest BCUT2D eigenvalue weighted by Gasteiger charge is 2.19. The minimum absolute atomic E-state index is 0.610. The maximum Gasteiger partial charge on any atom is 0.241 e. The molecule has 0 N–H and O–H groups in total. The van der Waals surface area contributed by atoms with E-state index in [2.05, 4.69) is 38.3 Å². The predicted octanol–water partition coefficient (Wildman–Crippen LogP) is 3.66. The van der Waals surface area contributed by atoms with Crippen LogP contribution < -0.4 is 9.47 Å². The van der Waals surface area contributed by atoms with Crippen LogP contribution in [-0.2, 0) is 6.54 Å². The first-order valence-corrected chi connectivity index (χ1v) is 11.6. The first-order valence-electron chi connectivity index (χ1n) is 10.4. The zero-order chi connectivity index (χ0) is 21.5. The lowest BCUT2D eigenvalue weighted by molar-refractivity contribution is 0.104. The molecule has 0 unspecified atom stereocenters. The van der Waals surface area contributed by atoms with Crippen LogP contribution in [0.25, 0.3) is 11.4 Å². The Balaban J connectivity index is 1.19. The van der Waals surface area contributed by atoms with Crippen LogP contribution in [-0.4, -0.2) is 72.6 Å². The number of nitrogens with zero attached hydrogens (tertiary/aromatic N) is 4. The fourth-order valence-electron chi connectivity index (χ4n) is 3.50. The van der Waals surface area contributed by atoms with Crippen LogP contribution in [0.2, 0.25) is 0 Å². The molecule has 0 spiro atoms. The largest absolute Gasteiger partial charge is 0.497 e. The minimum Gasteiger partial charge on any atom is -0.497 e. The molecule has 0 radical (unpaired) electrons. The van der Waals surface area contributed by atoms with Crippen molar-refractivity contribution in [1.29, 1.82) is 0 Å². The van der Waals surface area contributed by atoms with Crippen molar-refractivity contribution in [3.63, 3.8) is 0 Å². The number of rotatable bonds is 9. The average Bonchev–Trinajstić information content (AvgIpc) is 3.29. The van der Waals surface area contributed by atoms with E-state index >= 15 is 0 Å². The van der Waals surface area contributed by atoms with Crippen molar-refractivity contribution in [2.24, 2.45) is 0 Å². The molecule has 1 aliphatic heterocycles. The van der Waals surface area contributed by atoms with Gasteiger partial charge in [0.1, 0.15) is 18.1 Å². The Kier molecular flexibility index (Phi) is 7.45. The van der Waals surface area contributed by atoms with Gasteiger partial charge in [-0.05, 0) is 54.8 Å². The maximum atomic E-state index is 5.88. The first-order chi connectivity index (χ1) is 15.2. The molecule has 8 heteroatoms. The summed E-state index contributed by atoms with van der Waals surface area (Å²) < 4.78 is 16.5. The van der Waals surface area contributed by atoms with Gasteiger partial charge >= 0.3 is 0 Å². The molecule has 1 aliphatic rings. The average molecular weight is 441 g/mol. The van der Waals surface area contributed by atoms with E-state index in [9.17, 15) is 0 Å². The molecule has 0 aliphatic carbocycles. The molecule has 1 saturated heterocycles. The van der Waals surface area contributed by atoms with Crippen LogP contribution in [0.1, 0.15) is 5.89 Å². The van der Waals surface area contributed by atoms with Crippen molar-refractivity contribution >= 4 is 11.8 Å². The summed E-state index contributed by atoms with van der Waals surface area (Å²) in [6.07, 6.45) is 2.08. The fraction of sp³-hybridized carbons (Fsp3) is 0.391. The number of aromatic nitrogens is 2. The summed E-state index contributed by atoms with van der Waals surface area (Å²) in [6, 6.07) is 15.9. The van der Waals surface area contributed by atoms with Crippen LogP contribution in [0.15, 0.2) is 57.9 Å². The summed E-state index contributed by atoms with van der Waals surface area (Å²) in [5, 5.41) is 4.12. The Morgan fingerprint density at radius 2 is 1.61 bits per heavy atom. The summed E-state index contributed by atoms with van der Waals surface area (Å²) in [6.45, 7) is 6.27. The molecule has 31 heavy (non-hydrogen) atoms. The molecule has 4 rings (SSSR count). The van der Waals surface area contributed by atoms with Crippen molar-refractivity contribution in [2.75, 3.05) is 52.7 Å². The van der Waals surface area contributed by atoms with E-state index in [1.54, 1.807) is 18.9 Å². The molecule has 0 saturated carbocycles. The summed E-state index contributed by atoms with van der Waals surface area (Å²) in [4.78, 5) is 10.6. The second-order valence-electron chi connectivity index (χ2n) is 7.38. The van der Waals surface area contributed by atoms with Gasteiger partial charge in [-0.2, -0.15) is 4.98 Å². The molecular weight excluding hydrogens is 412 g/mol. The van der Waals surface area contributed by atoms with Crippen LogP contribution in [0.5, 0.6) is 11.5 Å². The number of hydrogen-bond donors (Lipinski definition) is 0. The Morgan fingerprint density at radius 3 is 2.29 bits per heavy atom. The normalized spacial score (nSPS) is 15.2. The van der Waals surface area contributed by atoms with Gasteiger partial charge in [0.25, 0.3) is 0 Å². The molecule has 164 valence electrons. The van der Waals surface area contributed by atoms with E-state index in [1.807, 2.05) is 36.4 Å². The second-order valence-corrected chi connectivity index (χ2v) is 8.26. The highest BCUT2D eigenvalue weighted by atomic mass is 32.2. The monoisotopic (exact) mass is 440 g/mol. The van der Waals surface area contributed by atoms with E-state index in [-0.39, 0.29) is 0 Å². The van der Waals surface area contributed by atoms with Crippen LogP contribution >= 0.6 is 11.8 Å². The molecule has 2 heterocycles. The molecule has 2 aromatic carbocycles. The zero-order valence-electron chi connectivity index (χ0n) is 18.0.